The molecule has 2 aromatic rings. The number of aromatic amines is 1. The van der Waals surface area contributed by atoms with E-state index in [-0.39, 0.29) is 12.0 Å². The largest absolute Gasteiger partial charge is 0.356 e. The molecule has 22 heavy (non-hydrogen) atoms. The summed E-state index contributed by atoms with van der Waals surface area (Å²) < 4.78 is 0. The van der Waals surface area contributed by atoms with Crippen LogP contribution < -0.4 is 0 Å². The first-order chi connectivity index (χ1) is 10.7. The van der Waals surface area contributed by atoms with Gasteiger partial charge in [0.2, 0.25) is 5.91 Å². The van der Waals surface area contributed by atoms with Crippen LogP contribution in [0.25, 0.3) is 10.9 Å². The van der Waals surface area contributed by atoms with Crippen LogP contribution in [-0.4, -0.2) is 22.3 Å². The van der Waals surface area contributed by atoms with Crippen LogP contribution in [0.1, 0.15) is 37.1 Å². The molecule has 1 aromatic carbocycles. The van der Waals surface area contributed by atoms with Crippen LogP contribution in [-0.2, 0) is 11.2 Å². The Morgan fingerprint density at radius 3 is 3.05 bits per heavy atom. The second-order valence-electron chi connectivity index (χ2n) is 7.05. The van der Waals surface area contributed by atoms with Gasteiger partial charge in [-0.1, -0.05) is 29.8 Å². The lowest BCUT2D eigenvalue weighted by atomic mass is 9.77. The zero-order valence-electron chi connectivity index (χ0n) is 12.8. The fourth-order valence-electron chi connectivity index (χ4n) is 4.89. The fraction of sp³-hybridized carbons (Fsp3) is 0.421. The van der Waals surface area contributed by atoms with Gasteiger partial charge >= 0.3 is 0 Å². The van der Waals surface area contributed by atoms with Gasteiger partial charge in [-0.2, -0.15) is 0 Å². The number of para-hydroxylation sites is 1. The van der Waals surface area contributed by atoms with Crippen molar-refractivity contribution >= 4 is 16.8 Å². The highest BCUT2D eigenvalue weighted by Gasteiger charge is 2.51. The molecule has 2 aliphatic heterocycles. The number of aromatic nitrogens is 1. The number of amides is 1. The van der Waals surface area contributed by atoms with Gasteiger partial charge in [-0.3, -0.25) is 4.79 Å². The molecule has 5 rings (SSSR count). The third-order valence-corrected chi connectivity index (χ3v) is 5.88. The Hall–Kier alpha value is -2.03. The predicted molar refractivity (Wildman–Crippen MR) is 86.4 cm³/mol. The Kier molecular flexibility index (Phi) is 2.42. The van der Waals surface area contributed by atoms with E-state index >= 15 is 0 Å². The van der Waals surface area contributed by atoms with E-state index in [1.54, 1.807) is 0 Å². The minimum absolute atomic E-state index is 0.200. The van der Waals surface area contributed by atoms with Crippen molar-refractivity contribution in [3.05, 3.63) is 47.2 Å². The number of nitrogens with zero attached hydrogens (tertiary/aromatic N) is 1. The van der Waals surface area contributed by atoms with Gasteiger partial charge in [0, 0.05) is 35.0 Å². The number of carbonyl (C=O) groups is 1. The summed E-state index contributed by atoms with van der Waals surface area (Å²) in [6, 6.07) is 8.81. The van der Waals surface area contributed by atoms with Crippen molar-refractivity contribution < 1.29 is 4.79 Å². The van der Waals surface area contributed by atoms with Crippen molar-refractivity contribution in [2.24, 2.45) is 11.8 Å². The Labute approximate surface area is 130 Å². The van der Waals surface area contributed by atoms with E-state index in [0.717, 1.165) is 25.8 Å². The molecule has 0 unspecified atom stereocenters. The number of carbonyl (C=O) groups excluding carboxylic acids is 1. The molecule has 1 fully saturated rings. The molecule has 112 valence electrons. The lowest BCUT2D eigenvalue weighted by molar-refractivity contribution is -0.132. The number of hydrogen-bond acceptors (Lipinski definition) is 1. The Morgan fingerprint density at radius 1 is 1.27 bits per heavy atom. The van der Waals surface area contributed by atoms with Crippen LogP contribution >= 0.6 is 0 Å². The molecule has 0 radical (unpaired) electrons. The molecular weight excluding hydrogens is 272 g/mol. The Bertz CT molecular complexity index is 816. The van der Waals surface area contributed by atoms with Gasteiger partial charge in [0.15, 0.2) is 0 Å². The van der Waals surface area contributed by atoms with Gasteiger partial charge in [-0.05, 0) is 37.8 Å². The van der Waals surface area contributed by atoms with Crippen LogP contribution in [0, 0.1) is 11.8 Å². The topological polar surface area (TPSA) is 36.1 Å². The maximum absolute atomic E-state index is 12.8. The minimum atomic E-state index is 0.200. The number of hydrogen-bond donors (Lipinski definition) is 1. The van der Waals surface area contributed by atoms with Crippen molar-refractivity contribution in [1.82, 2.24) is 9.88 Å². The van der Waals surface area contributed by atoms with Crippen LogP contribution in [0.5, 0.6) is 0 Å². The first-order valence-corrected chi connectivity index (χ1v) is 8.29. The summed E-state index contributed by atoms with van der Waals surface area (Å²) in [5, 5.41) is 1.34. The SMILES string of the molecule is CC1=CC[C@H]2C(=O)N3CCc4c([nH]c5ccccc45)[C@H]3[C@H]2C1. The molecule has 0 spiro atoms. The van der Waals surface area contributed by atoms with Crippen molar-refractivity contribution in [3.8, 4) is 0 Å². The number of nitrogens with one attached hydrogen (secondary N) is 1. The van der Waals surface area contributed by atoms with E-state index < -0.39 is 0 Å². The summed E-state index contributed by atoms with van der Waals surface area (Å²) in [5.41, 5.74) is 5.41. The monoisotopic (exact) mass is 292 g/mol. The lowest BCUT2D eigenvalue weighted by Crippen LogP contribution is -2.35. The number of benzene rings is 1. The number of fused-ring (bicyclic) bond motifs is 7. The summed E-state index contributed by atoms with van der Waals surface area (Å²) in [4.78, 5) is 18.6. The highest BCUT2D eigenvalue weighted by molar-refractivity contribution is 5.88. The number of rotatable bonds is 0. The molecule has 3 heterocycles. The Balaban J connectivity index is 1.69. The molecule has 0 saturated carbocycles. The van der Waals surface area contributed by atoms with E-state index in [2.05, 4.69) is 47.1 Å². The number of H-pyrrole nitrogens is 1. The second-order valence-corrected chi connectivity index (χ2v) is 7.05. The maximum Gasteiger partial charge on any atom is 0.226 e. The normalized spacial score (nSPS) is 30.0. The zero-order valence-corrected chi connectivity index (χ0v) is 12.8. The molecule has 1 aliphatic carbocycles. The van der Waals surface area contributed by atoms with E-state index in [4.69, 9.17) is 0 Å². The first-order valence-electron chi connectivity index (χ1n) is 8.29. The standard InChI is InChI=1S/C19H20N2O/c1-11-6-7-14-15(10-11)18-17-13(8-9-21(18)19(14)22)12-4-2-3-5-16(12)20-17/h2-6,14-15,18,20H,7-10H2,1H3/t14-,15+,18-/m1/s1. The predicted octanol–water partition coefficient (Wildman–Crippen LogP) is 3.58. The average Bonchev–Trinajstić information content (AvgIpc) is 3.03. The molecule has 1 aromatic heterocycles. The molecular formula is C19H20N2O. The molecule has 3 aliphatic rings. The van der Waals surface area contributed by atoms with Gasteiger partial charge in [0.05, 0.1) is 6.04 Å². The quantitative estimate of drug-likeness (QED) is 0.740. The molecule has 0 bridgehead atoms. The molecule has 3 nitrogen and oxygen atoms in total. The first kappa shape index (κ1) is 12.5. The summed E-state index contributed by atoms with van der Waals surface area (Å²) in [7, 11) is 0. The highest BCUT2D eigenvalue weighted by atomic mass is 16.2. The van der Waals surface area contributed by atoms with E-state index in [1.807, 2.05) is 0 Å². The summed E-state index contributed by atoms with van der Waals surface area (Å²) in [5.74, 6) is 1.03. The van der Waals surface area contributed by atoms with Gasteiger partial charge in [-0.15, -0.1) is 0 Å². The second kappa shape index (κ2) is 4.25. The van der Waals surface area contributed by atoms with Crippen molar-refractivity contribution in [2.75, 3.05) is 6.54 Å². The third kappa shape index (κ3) is 1.49. The third-order valence-electron chi connectivity index (χ3n) is 5.88. The summed E-state index contributed by atoms with van der Waals surface area (Å²) >= 11 is 0. The van der Waals surface area contributed by atoms with E-state index in [0.29, 0.717) is 11.8 Å². The lowest BCUT2D eigenvalue weighted by Gasteiger charge is -2.33. The van der Waals surface area contributed by atoms with Crippen LogP contribution in [0.2, 0.25) is 0 Å². The van der Waals surface area contributed by atoms with Gasteiger partial charge < -0.3 is 9.88 Å². The van der Waals surface area contributed by atoms with Crippen molar-refractivity contribution in [1.29, 1.82) is 0 Å². The van der Waals surface area contributed by atoms with Crippen LogP contribution in [0.4, 0.5) is 0 Å². The van der Waals surface area contributed by atoms with Crippen molar-refractivity contribution in [2.45, 2.75) is 32.2 Å². The maximum atomic E-state index is 12.8. The van der Waals surface area contributed by atoms with Crippen LogP contribution in [0.15, 0.2) is 35.9 Å². The molecule has 3 heteroatoms. The number of allylic oxidation sites excluding steroid dienone is 2. The highest BCUT2D eigenvalue weighted by Crippen LogP contribution is 2.51. The van der Waals surface area contributed by atoms with E-state index in [1.165, 1.54) is 27.7 Å². The zero-order chi connectivity index (χ0) is 14.8. The van der Waals surface area contributed by atoms with Gasteiger partial charge in [0.1, 0.15) is 0 Å². The summed E-state index contributed by atoms with van der Waals surface area (Å²) in [6.07, 6.45) is 5.24. The van der Waals surface area contributed by atoms with Gasteiger partial charge in [-0.25, -0.2) is 0 Å². The minimum Gasteiger partial charge on any atom is -0.356 e. The Morgan fingerprint density at radius 2 is 2.14 bits per heavy atom. The molecule has 1 amide bonds. The van der Waals surface area contributed by atoms with E-state index in [9.17, 15) is 4.79 Å². The molecule has 1 N–H and O–H groups in total. The fourth-order valence-corrected chi connectivity index (χ4v) is 4.89. The van der Waals surface area contributed by atoms with Crippen LogP contribution in [0.3, 0.4) is 0 Å². The van der Waals surface area contributed by atoms with Crippen molar-refractivity contribution in [3.63, 3.8) is 0 Å². The molecule has 3 atom stereocenters. The van der Waals surface area contributed by atoms with Gasteiger partial charge in [0.25, 0.3) is 0 Å². The summed E-state index contributed by atoms with van der Waals surface area (Å²) in [6.45, 7) is 3.09. The average molecular weight is 292 g/mol. The smallest absolute Gasteiger partial charge is 0.226 e. The molecule has 1 saturated heterocycles.